The fourth-order valence-corrected chi connectivity index (χ4v) is 5.61. The SMILES string of the molecule is [C-]#[N+][C@@H]1C[C@@H](n2nc(CC(=O)O)c3ccccc32)CN1S(=O)(=O)c1ccc(OCC)cc1. The van der Waals surface area contributed by atoms with Gasteiger partial charge >= 0.3 is 5.97 Å². The Morgan fingerprint density at radius 1 is 1.25 bits per heavy atom. The predicted molar refractivity (Wildman–Crippen MR) is 117 cm³/mol. The molecule has 10 heteroatoms. The first-order valence-electron chi connectivity index (χ1n) is 10.1. The molecule has 166 valence electrons. The van der Waals surface area contributed by atoms with Gasteiger partial charge in [0.2, 0.25) is 10.0 Å². The van der Waals surface area contributed by atoms with Gasteiger partial charge in [-0.1, -0.05) is 18.2 Å². The van der Waals surface area contributed by atoms with E-state index in [2.05, 4.69) is 9.94 Å². The van der Waals surface area contributed by atoms with E-state index in [1.807, 2.05) is 19.1 Å². The van der Waals surface area contributed by atoms with Crippen LogP contribution in [0.4, 0.5) is 0 Å². The van der Waals surface area contributed by atoms with Crippen molar-refractivity contribution in [3.8, 4) is 5.75 Å². The topological polar surface area (TPSA) is 106 Å². The Kier molecular flexibility index (Phi) is 5.86. The minimum absolute atomic E-state index is 0.0702. The van der Waals surface area contributed by atoms with Crippen LogP contribution in [0.25, 0.3) is 15.7 Å². The number of nitrogens with zero attached hydrogens (tertiary/aromatic N) is 4. The first-order valence-corrected chi connectivity index (χ1v) is 11.6. The molecule has 0 spiro atoms. The summed E-state index contributed by atoms with van der Waals surface area (Å²) in [7, 11) is -3.91. The smallest absolute Gasteiger partial charge is 0.309 e. The molecule has 32 heavy (non-hydrogen) atoms. The highest BCUT2D eigenvalue weighted by Crippen LogP contribution is 2.35. The zero-order valence-corrected chi connectivity index (χ0v) is 18.2. The molecule has 0 saturated carbocycles. The van der Waals surface area contributed by atoms with E-state index < -0.39 is 22.2 Å². The van der Waals surface area contributed by atoms with Crippen molar-refractivity contribution in [3.05, 3.63) is 65.6 Å². The first kappa shape index (κ1) is 21.8. The van der Waals surface area contributed by atoms with E-state index in [0.29, 0.717) is 23.4 Å². The van der Waals surface area contributed by atoms with Crippen LogP contribution in [-0.2, 0) is 21.2 Å². The maximum Gasteiger partial charge on any atom is 0.309 e. The molecular formula is C22H22N4O5S. The highest BCUT2D eigenvalue weighted by molar-refractivity contribution is 7.89. The molecule has 1 aliphatic heterocycles. The molecule has 2 heterocycles. The minimum Gasteiger partial charge on any atom is -0.494 e. The summed E-state index contributed by atoms with van der Waals surface area (Å²) in [5.41, 5.74) is 1.14. The summed E-state index contributed by atoms with van der Waals surface area (Å²) in [4.78, 5) is 14.9. The van der Waals surface area contributed by atoms with Gasteiger partial charge in [-0.15, -0.1) is 4.31 Å². The van der Waals surface area contributed by atoms with Gasteiger partial charge < -0.3 is 9.84 Å². The van der Waals surface area contributed by atoms with Gasteiger partial charge in [0.15, 0.2) is 0 Å². The molecule has 0 radical (unpaired) electrons. The average molecular weight is 455 g/mol. The van der Waals surface area contributed by atoms with Gasteiger partial charge in [0.05, 0.1) is 41.6 Å². The van der Waals surface area contributed by atoms with Crippen LogP contribution in [0.1, 0.15) is 25.1 Å². The lowest BCUT2D eigenvalue weighted by atomic mass is 10.1. The number of aliphatic carboxylic acids is 1. The number of hydrogen-bond acceptors (Lipinski definition) is 5. The van der Waals surface area contributed by atoms with Crippen molar-refractivity contribution in [3.63, 3.8) is 0 Å². The quantitative estimate of drug-likeness (QED) is 0.550. The molecule has 3 aromatic rings. The van der Waals surface area contributed by atoms with Crippen LogP contribution in [0.2, 0.25) is 0 Å². The van der Waals surface area contributed by atoms with E-state index in [1.54, 1.807) is 28.9 Å². The second-order valence-corrected chi connectivity index (χ2v) is 9.35. The van der Waals surface area contributed by atoms with Crippen molar-refractivity contribution in [1.82, 2.24) is 14.1 Å². The fraction of sp³-hybridized carbons (Fsp3) is 0.318. The monoisotopic (exact) mass is 454 g/mol. The van der Waals surface area contributed by atoms with Gasteiger partial charge in [-0.2, -0.15) is 5.10 Å². The molecule has 0 amide bonds. The van der Waals surface area contributed by atoms with Crippen molar-refractivity contribution in [2.75, 3.05) is 13.2 Å². The molecule has 9 nitrogen and oxygen atoms in total. The van der Waals surface area contributed by atoms with Gasteiger partial charge in [-0.25, -0.2) is 15.0 Å². The second kappa shape index (κ2) is 8.61. The van der Waals surface area contributed by atoms with E-state index in [9.17, 15) is 18.3 Å². The van der Waals surface area contributed by atoms with Gasteiger partial charge in [-0.05, 0) is 37.3 Å². The number of aromatic nitrogens is 2. The predicted octanol–water partition coefficient (Wildman–Crippen LogP) is 2.94. The van der Waals surface area contributed by atoms with Crippen LogP contribution in [0.5, 0.6) is 5.75 Å². The highest BCUT2D eigenvalue weighted by atomic mass is 32.2. The lowest BCUT2D eigenvalue weighted by Gasteiger charge is -2.17. The second-order valence-electron chi connectivity index (χ2n) is 7.46. The Morgan fingerprint density at radius 2 is 1.97 bits per heavy atom. The normalized spacial score (nSPS) is 19.1. The Morgan fingerprint density at radius 3 is 2.62 bits per heavy atom. The molecule has 2 aromatic carbocycles. The van der Waals surface area contributed by atoms with E-state index in [0.717, 1.165) is 5.52 Å². The van der Waals surface area contributed by atoms with Crippen molar-refractivity contribution >= 4 is 26.9 Å². The van der Waals surface area contributed by atoms with Crippen LogP contribution in [0, 0.1) is 6.57 Å². The highest BCUT2D eigenvalue weighted by Gasteiger charge is 2.46. The van der Waals surface area contributed by atoms with Crippen LogP contribution in [0.15, 0.2) is 53.4 Å². The Labute approximate surface area is 185 Å². The van der Waals surface area contributed by atoms with E-state index in [-0.39, 0.29) is 30.3 Å². The van der Waals surface area contributed by atoms with Crippen LogP contribution < -0.4 is 4.74 Å². The lowest BCUT2D eigenvalue weighted by molar-refractivity contribution is -0.136. The van der Waals surface area contributed by atoms with Crippen LogP contribution in [-0.4, -0.2) is 52.9 Å². The summed E-state index contributed by atoms with van der Waals surface area (Å²) in [6.07, 6.45) is -0.846. The zero-order valence-electron chi connectivity index (χ0n) is 17.4. The molecule has 1 fully saturated rings. The minimum atomic E-state index is -3.91. The molecule has 0 bridgehead atoms. The fourth-order valence-electron chi connectivity index (χ4n) is 4.03. The largest absolute Gasteiger partial charge is 0.494 e. The summed E-state index contributed by atoms with van der Waals surface area (Å²) in [5.74, 6) is -0.424. The average Bonchev–Trinajstić information content (AvgIpc) is 3.36. The van der Waals surface area contributed by atoms with Gasteiger partial charge in [0, 0.05) is 11.9 Å². The Balaban J connectivity index is 1.68. The molecule has 2 atom stereocenters. The number of rotatable bonds is 7. The summed E-state index contributed by atoms with van der Waals surface area (Å²) in [5, 5.41) is 14.4. The summed E-state index contributed by atoms with van der Waals surface area (Å²) >= 11 is 0. The van der Waals surface area contributed by atoms with Crippen LogP contribution >= 0.6 is 0 Å². The molecular weight excluding hydrogens is 432 g/mol. The van der Waals surface area contributed by atoms with E-state index >= 15 is 0 Å². The number of carboxylic acid groups (broad SMARTS) is 1. The van der Waals surface area contributed by atoms with E-state index in [1.165, 1.54) is 16.4 Å². The summed E-state index contributed by atoms with van der Waals surface area (Å²) in [6, 6.07) is 13.0. The standard InChI is InChI=1S/C22H22N4O5S/c1-3-31-16-8-10-17(11-9-16)32(29,30)25-14-15(12-21(25)23-2)26-20-7-5-4-6-18(20)19(24-26)13-22(27)28/h4-11,15,21H,3,12-14H2,1H3,(H,27,28)/t15-,21+/m1/s1. The third-order valence-corrected chi connectivity index (χ3v) is 7.33. The van der Waals surface area contributed by atoms with Crippen molar-refractivity contribution < 1.29 is 23.1 Å². The molecule has 1 aromatic heterocycles. The van der Waals surface area contributed by atoms with E-state index in [4.69, 9.17) is 11.3 Å². The zero-order chi connectivity index (χ0) is 22.9. The number of sulfonamides is 1. The maximum atomic E-state index is 13.3. The Bertz CT molecular complexity index is 1290. The van der Waals surface area contributed by atoms with Crippen molar-refractivity contribution in [1.29, 1.82) is 0 Å². The first-order chi connectivity index (χ1) is 15.3. The molecule has 1 aliphatic rings. The van der Waals surface area contributed by atoms with Crippen molar-refractivity contribution in [2.45, 2.75) is 36.9 Å². The Hall–Kier alpha value is -3.42. The molecule has 1 N–H and O–H groups in total. The third kappa shape index (κ3) is 3.92. The number of hydrogen-bond donors (Lipinski definition) is 1. The van der Waals surface area contributed by atoms with Gasteiger partial charge in [0.25, 0.3) is 6.17 Å². The molecule has 1 saturated heterocycles. The summed E-state index contributed by atoms with van der Waals surface area (Å²) < 4.78 is 34.8. The number of benzene rings is 2. The number of carbonyl (C=O) groups is 1. The van der Waals surface area contributed by atoms with Crippen molar-refractivity contribution in [2.24, 2.45) is 0 Å². The number of ether oxygens (including phenoxy) is 1. The number of para-hydroxylation sites is 1. The molecule has 0 aliphatic carbocycles. The number of fused-ring (bicyclic) bond motifs is 1. The lowest BCUT2D eigenvalue weighted by Crippen LogP contribution is -2.34. The summed E-state index contributed by atoms with van der Waals surface area (Å²) in [6.45, 7) is 9.95. The molecule has 4 rings (SSSR count). The number of carboxylic acids is 1. The van der Waals surface area contributed by atoms with Crippen LogP contribution in [0.3, 0.4) is 0 Å². The van der Waals surface area contributed by atoms with Gasteiger partial charge in [-0.3, -0.25) is 14.3 Å². The van der Waals surface area contributed by atoms with Gasteiger partial charge in [0.1, 0.15) is 5.75 Å². The maximum absolute atomic E-state index is 13.3. The molecule has 0 unspecified atom stereocenters. The third-order valence-electron chi connectivity index (χ3n) is 5.45.